The maximum atomic E-state index is 12.6. The molecule has 9 heteroatoms. The van der Waals surface area contributed by atoms with Crippen LogP contribution in [0, 0.1) is 0 Å². The molecule has 0 N–H and O–H groups in total. The van der Waals surface area contributed by atoms with Gasteiger partial charge in [0.05, 0.1) is 17.6 Å². The first-order chi connectivity index (χ1) is 12.2. The van der Waals surface area contributed by atoms with Crippen LogP contribution in [0.5, 0.6) is 5.75 Å². The van der Waals surface area contributed by atoms with Gasteiger partial charge < -0.3 is 9.64 Å². The minimum absolute atomic E-state index is 0.0439. The van der Waals surface area contributed by atoms with Crippen LogP contribution in [-0.4, -0.2) is 28.6 Å². The van der Waals surface area contributed by atoms with Crippen molar-refractivity contribution in [3.8, 4) is 5.75 Å². The molecule has 3 rings (SSSR count). The SMILES string of the molecule is CC(c1ccc(OCC(F)(F)F)c(Cl)c1)N1Cc2c(ccnc2Cl)C1=O. The highest BCUT2D eigenvalue weighted by molar-refractivity contribution is 6.32. The first-order valence-corrected chi connectivity index (χ1v) is 8.36. The molecule has 0 saturated carbocycles. The summed E-state index contributed by atoms with van der Waals surface area (Å²) in [6, 6.07) is 5.69. The van der Waals surface area contributed by atoms with Crippen molar-refractivity contribution in [1.82, 2.24) is 9.88 Å². The Balaban J connectivity index is 1.79. The molecule has 1 unspecified atom stereocenters. The molecule has 0 fully saturated rings. The summed E-state index contributed by atoms with van der Waals surface area (Å²) in [5.74, 6) is -0.256. The van der Waals surface area contributed by atoms with E-state index in [0.717, 1.165) is 0 Å². The molecular weight excluding hydrogens is 392 g/mol. The van der Waals surface area contributed by atoms with E-state index in [2.05, 4.69) is 9.72 Å². The summed E-state index contributed by atoms with van der Waals surface area (Å²) < 4.78 is 41.5. The number of fused-ring (bicyclic) bond motifs is 1. The second-order valence-corrected chi connectivity index (χ2v) is 6.60. The van der Waals surface area contributed by atoms with E-state index in [9.17, 15) is 18.0 Å². The molecule has 0 spiro atoms. The Labute approximate surface area is 157 Å². The lowest BCUT2D eigenvalue weighted by Crippen LogP contribution is -2.27. The van der Waals surface area contributed by atoms with Crippen LogP contribution in [0.4, 0.5) is 13.2 Å². The fraction of sp³-hybridized carbons (Fsp3) is 0.294. The smallest absolute Gasteiger partial charge is 0.422 e. The third-order valence-electron chi connectivity index (χ3n) is 4.12. The second kappa shape index (κ2) is 6.96. The van der Waals surface area contributed by atoms with Gasteiger partial charge in [-0.25, -0.2) is 4.98 Å². The number of hydrogen-bond acceptors (Lipinski definition) is 3. The molecule has 0 saturated heterocycles. The number of nitrogens with zero attached hydrogens (tertiary/aromatic N) is 2. The minimum Gasteiger partial charge on any atom is -0.483 e. The normalized spacial score (nSPS) is 15.2. The summed E-state index contributed by atoms with van der Waals surface area (Å²) >= 11 is 12.1. The Kier molecular flexibility index (Phi) is 5.03. The third kappa shape index (κ3) is 3.73. The van der Waals surface area contributed by atoms with Gasteiger partial charge in [0.2, 0.25) is 0 Å². The van der Waals surface area contributed by atoms with E-state index < -0.39 is 12.8 Å². The Morgan fingerprint density at radius 2 is 2.04 bits per heavy atom. The van der Waals surface area contributed by atoms with Crippen molar-refractivity contribution >= 4 is 29.1 Å². The molecule has 1 aromatic heterocycles. The highest BCUT2D eigenvalue weighted by Crippen LogP contribution is 2.36. The average Bonchev–Trinajstić information content (AvgIpc) is 2.91. The average molecular weight is 405 g/mol. The van der Waals surface area contributed by atoms with Crippen molar-refractivity contribution in [2.45, 2.75) is 25.7 Å². The van der Waals surface area contributed by atoms with Crippen molar-refractivity contribution in [2.24, 2.45) is 0 Å². The lowest BCUT2D eigenvalue weighted by atomic mass is 10.1. The van der Waals surface area contributed by atoms with Crippen LogP contribution in [0.25, 0.3) is 0 Å². The molecule has 4 nitrogen and oxygen atoms in total. The summed E-state index contributed by atoms with van der Waals surface area (Å²) in [5, 5.41) is 0.321. The van der Waals surface area contributed by atoms with Crippen LogP contribution in [-0.2, 0) is 6.54 Å². The van der Waals surface area contributed by atoms with E-state index in [-0.39, 0.29) is 27.9 Å². The molecular formula is C17H13Cl2F3N2O2. The summed E-state index contributed by atoms with van der Waals surface area (Å²) in [4.78, 5) is 18.2. The molecule has 2 aromatic rings. The topological polar surface area (TPSA) is 42.4 Å². The molecule has 1 atom stereocenters. The number of benzene rings is 1. The van der Waals surface area contributed by atoms with Crippen LogP contribution >= 0.6 is 23.2 Å². The number of pyridine rings is 1. The summed E-state index contributed by atoms with van der Waals surface area (Å²) in [6.07, 6.45) is -2.98. The zero-order chi connectivity index (χ0) is 19.1. The number of rotatable bonds is 4. The van der Waals surface area contributed by atoms with Crippen LogP contribution < -0.4 is 4.74 Å². The number of carbonyl (C=O) groups is 1. The first-order valence-electron chi connectivity index (χ1n) is 7.60. The fourth-order valence-corrected chi connectivity index (χ4v) is 3.22. The Hall–Kier alpha value is -1.99. The Morgan fingerprint density at radius 3 is 2.65 bits per heavy atom. The second-order valence-electron chi connectivity index (χ2n) is 5.83. The fourth-order valence-electron chi connectivity index (χ4n) is 2.76. The number of amides is 1. The maximum Gasteiger partial charge on any atom is 0.422 e. The maximum absolute atomic E-state index is 12.6. The lowest BCUT2D eigenvalue weighted by molar-refractivity contribution is -0.153. The molecule has 1 aliphatic rings. The molecule has 2 heterocycles. The van der Waals surface area contributed by atoms with Gasteiger partial charge in [0.1, 0.15) is 10.9 Å². The van der Waals surface area contributed by atoms with Crippen molar-refractivity contribution in [2.75, 3.05) is 6.61 Å². The first kappa shape index (κ1) is 18.8. The van der Waals surface area contributed by atoms with Gasteiger partial charge in [0, 0.05) is 17.3 Å². The largest absolute Gasteiger partial charge is 0.483 e. The number of halogens is 5. The van der Waals surface area contributed by atoms with E-state index in [1.165, 1.54) is 18.3 Å². The van der Waals surface area contributed by atoms with Gasteiger partial charge >= 0.3 is 6.18 Å². The number of ether oxygens (including phenoxy) is 1. The van der Waals surface area contributed by atoms with Crippen molar-refractivity contribution in [3.63, 3.8) is 0 Å². The van der Waals surface area contributed by atoms with Gasteiger partial charge in [-0.2, -0.15) is 13.2 Å². The highest BCUT2D eigenvalue weighted by atomic mass is 35.5. The van der Waals surface area contributed by atoms with E-state index >= 15 is 0 Å². The van der Waals surface area contributed by atoms with Crippen LogP contribution in [0.15, 0.2) is 30.5 Å². The predicted octanol–water partition coefficient (Wildman–Crippen LogP) is 5.05. The molecule has 0 radical (unpaired) electrons. The monoisotopic (exact) mass is 404 g/mol. The van der Waals surface area contributed by atoms with Gasteiger partial charge in [0.15, 0.2) is 6.61 Å². The van der Waals surface area contributed by atoms with Crippen LogP contribution in [0.1, 0.15) is 34.5 Å². The zero-order valence-corrected chi connectivity index (χ0v) is 15.0. The number of hydrogen-bond donors (Lipinski definition) is 0. The van der Waals surface area contributed by atoms with Crippen LogP contribution in [0.3, 0.4) is 0 Å². The minimum atomic E-state index is -4.45. The summed E-state index contributed by atoms with van der Waals surface area (Å²) in [5.41, 5.74) is 1.81. The van der Waals surface area contributed by atoms with Gasteiger partial charge in [0.25, 0.3) is 5.91 Å². The summed E-state index contributed by atoms with van der Waals surface area (Å²) in [6.45, 7) is 0.673. The van der Waals surface area contributed by atoms with Crippen molar-refractivity contribution in [1.29, 1.82) is 0 Å². The van der Waals surface area contributed by atoms with E-state index in [1.54, 1.807) is 24.0 Å². The van der Waals surface area contributed by atoms with Crippen molar-refractivity contribution in [3.05, 3.63) is 57.3 Å². The highest BCUT2D eigenvalue weighted by Gasteiger charge is 2.33. The quantitative estimate of drug-likeness (QED) is 0.669. The predicted molar refractivity (Wildman–Crippen MR) is 90.5 cm³/mol. The van der Waals surface area contributed by atoms with E-state index in [0.29, 0.717) is 23.2 Å². The molecule has 0 bridgehead atoms. The third-order valence-corrected chi connectivity index (χ3v) is 4.74. The summed E-state index contributed by atoms with van der Waals surface area (Å²) in [7, 11) is 0. The van der Waals surface area contributed by atoms with Gasteiger partial charge in [-0.05, 0) is 30.7 Å². The van der Waals surface area contributed by atoms with Gasteiger partial charge in [-0.1, -0.05) is 29.3 Å². The molecule has 26 heavy (non-hydrogen) atoms. The lowest BCUT2D eigenvalue weighted by Gasteiger charge is -2.25. The standard InChI is InChI=1S/C17H13Cl2F3N2O2/c1-9(24-7-12-11(16(24)25)4-5-23-15(12)19)10-2-3-14(13(18)6-10)26-8-17(20,21)22/h2-6,9H,7-8H2,1H3. The number of carbonyl (C=O) groups excluding carboxylic acids is 1. The Bertz CT molecular complexity index is 858. The van der Waals surface area contributed by atoms with Gasteiger partial charge in [-0.15, -0.1) is 0 Å². The number of aromatic nitrogens is 1. The molecule has 1 amide bonds. The van der Waals surface area contributed by atoms with Gasteiger partial charge in [-0.3, -0.25) is 4.79 Å². The number of alkyl halides is 3. The van der Waals surface area contributed by atoms with E-state index in [4.69, 9.17) is 23.2 Å². The molecule has 138 valence electrons. The van der Waals surface area contributed by atoms with Crippen molar-refractivity contribution < 1.29 is 22.7 Å². The van der Waals surface area contributed by atoms with E-state index in [1.807, 2.05) is 0 Å². The van der Waals surface area contributed by atoms with Crippen LogP contribution in [0.2, 0.25) is 10.2 Å². The molecule has 0 aliphatic carbocycles. The molecule has 1 aromatic carbocycles. The Morgan fingerprint density at radius 1 is 1.31 bits per heavy atom. The molecule has 1 aliphatic heterocycles. The zero-order valence-electron chi connectivity index (χ0n) is 13.5.